The molecule has 2 aliphatic heterocycles. The second-order valence-electron chi connectivity index (χ2n) is 10.9. The number of piperazine rings is 1. The van der Waals surface area contributed by atoms with Gasteiger partial charge in [0.05, 0.1) is 29.7 Å². The predicted octanol–water partition coefficient (Wildman–Crippen LogP) is 5.74. The number of fused-ring (bicyclic) bond motifs is 1. The molecule has 0 amide bonds. The van der Waals surface area contributed by atoms with Crippen molar-refractivity contribution < 1.29 is 18.7 Å². The van der Waals surface area contributed by atoms with Crippen LogP contribution in [-0.4, -0.2) is 65.5 Å². The number of anilines is 2. The molecule has 0 saturated carbocycles. The first-order valence-corrected chi connectivity index (χ1v) is 15.9. The molecule has 12 nitrogen and oxygen atoms in total. The minimum atomic E-state index is -0.367. The SMILES string of the molecule is O=[N+]([O-])c1cc(SONCc2ccc(N3CCN(P)CC3)cc2Oc2cnc3[nH]ccc3c2)ccc1NCC1CCOCC1. The fourth-order valence-corrected chi connectivity index (χ4v) is 6.05. The third-order valence-corrected chi connectivity index (χ3v) is 9.04. The minimum absolute atomic E-state index is 0.0208. The highest BCUT2D eigenvalue weighted by Gasteiger charge is 2.20. The van der Waals surface area contributed by atoms with Crippen LogP contribution in [0.3, 0.4) is 0 Å². The number of aromatic amines is 1. The van der Waals surface area contributed by atoms with Crippen molar-refractivity contribution in [3.8, 4) is 11.5 Å². The maximum Gasteiger partial charge on any atom is 0.293 e. The van der Waals surface area contributed by atoms with Gasteiger partial charge in [-0.1, -0.05) is 15.5 Å². The third-order valence-electron chi connectivity index (χ3n) is 7.88. The number of aromatic nitrogens is 2. The smallest absolute Gasteiger partial charge is 0.293 e. The first kappa shape index (κ1) is 30.6. The summed E-state index contributed by atoms with van der Waals surface area (Å²) in [4.78, 5) is 22.0. The van der Waals surface area contributed by atoms with Crippen LogP contribution in [0.4, 0.5) is 17.1 Å². The fourth-order valence-electron chi connectivity index (χ4n) is 5.32. The molecule has 2 fully saturated rings. The first-order chi connectivity index (χ1) is 21.5. The highest BCUT2D eigenvalue weighted by atomic mass is 32.2. The number of nitrogens with one attached hydrogen (secondary N) is 3. The average molecular weight is 638 g/mol. The average Bonchev–Trinajstić information content (AvgIpc) is 3.52. The number of hydrogen-bond donors (Lipinski definition) is 3. The van der Waals surface area contributed by atoms with Gasteiger partial charge in [-0.3, -0.25) is 14.8 Å². The van der Waals surface area contributed by atoms with Gasteiger partial charge >= 0.3 is 0 Å². The molecule has 0 spiro atoms. The van der Waals surface area contributed by atoms with Gasteiger partial charge < -0.3 is 24.7 Å². The maximum absolute atomic E-state index is 11.8. The molecule has 0 aliphatic carbocycles. The molecule has 44 heavy (non-hydrogen) atoms. The second-order valence-corrected chi connectivity index (χ2v) is 12.4. The van der Waals surface area contributed by atoms with E-state index in [0.717, 1.165) is 86.6 Å². The molecular formula is C30H36N7O5PS. The van der Waals surface area contributed by atoms with Gasteiger partial charge in [-0.25, -0.2) is 9.27 Å². The van der Waals surface area contributed by atoms with E-state index in [1.165, 1.54) is 6.07 Å². The van der Waals surface area contributed by atoms with Crippen LogP contribution in [0.15, 0.2) is 65.8 Å². The van der Waals surface area contributed by atoms with Crippen molar-refractivity contribution in [3.05, 3.63) is 76.6 Å². The monoisotopic (exact) mass is 637 g/mol. The number of nitrogens with zero attached hydrogens (tertiary/aromatic N) is 4. The van der Waals surface area contributed by atoms with E-state index in [2.05, 4.69) is 51.9 Å². The van der Waals surface area contributed by atoms with Gasteiger partial charge in [-0.05, 0) is 49.1 Å². The van der Waals surface area contributed by atoms with Crippen LogP contribution in [0.5, 0.6) is 11.5 Å². The molecule has 2 aromatic carbocycles. The van der Waals surface area contributed by atoms with Crippen molar-refractivity contribution in [2.24, 2.45) is 5.92 Å². The van der Waals surface area contributed by atoms with Crippen molar-refractivity contribution in [1.29, 1.82) is 0 Å². The topological polar surface area (TPSA) is 130 Å². The quantitative estimate of drug-likeness (QED) is 0.0578. The van der Waals surface area contributed by atoms with Crippen molar-refractivity contribution in [3.63, 3.8) is 0 Å². The summed E-state index contributed by atoms with van der Waals surface area (Å²) >= 11 is 1.04. The second kappa shape index (κ2) is 14.6. The van der Waals surface area contributed by atoms with E-state index in [0.29, 0.717) is 41.1 Å². The number of pyridine rings is 1. The molecule has 3 N–H and O–H groups in total. The number of H-pyrrole nitrogens is 1. The molecule has 6 rings (SSSR count). The zero-order chi connectivity index (χ0) is 30.3. The number of hydroxylamine groups is 1. The molecule has 2 aromatic heterocycles. The Balaban J connectivity index is 1.10. The van der Waals surface area contributed by atoms with Crippen LogP contribution in [0.1, 0.15) is 18.4 Å². The van der Waals surface area contributed by atoms with E-state index in [9.17, 15) is 10.1 Å². The lowest BCUT2D eigenvalue weighted by Crippen LogP contribution is -2.42. The van der Waals surface area contributed by atoms with Crippen LogP contribution in [0.25, 0.3) is 11.0 Å². The summed E-state index contributed by atoms with van der Waals surface area (Å²) in [6, 6.07) is 15.2. The number of benzene rings is 2. The summed E-state index contributed by atoms with van der Waals surface area (Å²) in [6.07, 6.45) is 5.47. The van der Waals surface area contributed by atoms with E-state index in [1.807, 2.05) is 30.5 Å². The molecule has 4 heterocycles. The fraction of sp³-hybridized carbons (Fsp3) is 0.367. The highest BCUT2D eigenvalue weighted by molar-refractivity contribution is 7.94. The van der Waals surface area contributed by atoms with E-state index in [4.69, 9.17) is 13.8 Å². The Morgan fingerprint density at radius 3 is 2.77 bits per heavy atom. The Kier molecular flexibility index (Phi) is 10.1. The number of hydrogen-bond acceptors (Lipinski definition) is 11. The van der Waals surface area contributed by atoms with Gasteiger partial charge in [-0.2, -0.15) is 5.48 Å². The summed E-state index contributed by atoms with van der Waals surface area (Å²) in [7, 11) is 2.78. The number of rotatable bonds is 12. The van der Waals surface area contributed by atoms with Gasteiger partial charge in [-0.15, -0.1) is 0 Å². The molecule has 1 atom stereocenters. The van der Waals surface area contributed by atoms with E-state index in [-0.39, 0.29) is 10.6 Å². The molecule has 0 bridgehead atoms. The molecule has 232 valence electrons. The largest absolute Gasteiger partial charge is 0.455 e. The number of nitro groups is 1. The van der Waals surface area contributed by atoms with Gasteiger partial charge in [0, 0.05) is 85.8 Å². The zero-order valence-electron chi connectivity index (χ0n) is 24.2. The van der Waals surface area contributed by atoms with Crippen LogP contribution >= 0.6 is 21.4 Å². The first-order valence-electron chi connectivity index (χ1n) is 14.7. The maximum atomic E-state index is 11.8. The van der Waals surface area contributed by atoms with E-state index in [1.54, 1.807) is 12.3 Å². The van der Waals surface area contributed by atoms with Gasteiger partial charge in [0.2, 0.25) is 0 Å². The minimum Gasteiger partial charge on any atom is -0.455 e. The van der Waals surface area contributed by atoms with Gasteiger partial charge in [0.15, 0.2) is 0 Å². The number of ether oxygens (including phenoxy) is 2. The Bertz CT molecular complexity index is 1580. The molecule has 4 aromatic rings. The lowest BCUT2D eigenvalue weighted by molar-refractivity contribution is -0.384. The molecule has 2 saturated heterocycles. The third kappa shape index (κ3) is 7.79. The molecule has 1 unspecified atom stereocenters. The molecule has 0 radical (unpaired) electrons. The molecule has 14 heteroatoms. The highest BCUT2D eigenvalue weighted by Crippen LogP contribution is 2.33. The lowest BCUT2D eigenvalue weighted by Gasteiger charge is -2.34. The van der Waals surface area contributed by atoms with Crippen LogP contribution in [0.2, 0.25) is 0 Å². The van der Waals surface area contributed by atoms with Crippen LogP contribution in [0, 0.1) is 16.0 Å². The molecule has 2 aliphatic rings. The Morgan fingerprint density at radius 2 is 1.95 bits per heavy atom. The normalized spacial score (nSPS) is 16.3. The summed E-state index contributed by atoms with van der Waals surface area (Å²) in [5.41, 5.74) is 6.29. The van der Waals surface area contributed by atoms with Crippen molar-refractivity contribution >= 4 is 49.5 Å². The van der Waals surface area contributed by atoms with Crippen molar-refractivity contribution in [1.82, 2.24) is 20.1 Å². The Labute approximate surface area is 262 Å². The number of nitro benzene ring substituents is 1. The summed E-state index contributed by atoms with van der Waals surface area (Å²) in [5, 5.41) is 16.0. The Hall–Kier alpha value is -3.45. The van der Waals surface area contributed by atoms with Crippen LogP contribution in [-0.2, 0) is 15.6 Å². The predicted molar refractivity (Wildman–Crippen MR) is 175 cm³/mol. The summed E-state index contributed by atoms with van der Waals surface area (Å²) in [6.45, 7) is 6.29. The summed E-state index contributed by atoms with van der Waals surface area (Å²) in [5.74, 6) is 1.78. The lowest BCUT2D eigenvalue weighted by atomic mass is 10.0. The van der Waals surface area contributed by atoms with E-state index >= 15 is 0 Å². The zero-order valence-corrected chi connectivity index (χ0v) is 26.2. The van der Waals surface area contributed by atoms with E-state index < -0.39 is 0 Å². The standard InChI is InChI=1S/C30H36N7O5PS/c38-37(39)28-17-26(3-4-27(28)32-18-21-6-13-40-14-7-21)44-42-34-19-23-1-2-24(35-9-11-36(43)12-10-35)16-29(23)41-25-15-22-5-8-31-30(22)33-20-25/h1-5,8,15-17,20-21,32,34H,6-7,9-14,18-19,43H2,(H,31,33). The van der Waals surface area contributed by atoms with Gasteiger partial charge in [0.25, 0.3) is 5.69 Å². The van der Waals surface area contributed by atoms with Crippen molar-refractivity contribution in [2.45, 2.75) is 24.3 Å². The van der Waals surface area contributed by atoms with Gasteiger partial charge in [0.1, 0.15) is 22.8 Å². The summed E-state index contributed by atoms with van der Waals surface area (Å²) < 4.78 is 19.7. The van der Waals surface area contributed by atoms with Crippen LogP contribution < -0.4 is 20.4 Å². The van der Waals surface area contributed by atoms with Crippen molar-refractivity contribution in [2.75, 3.05) is 56.2 Å². The Morgan fingerprint density at radius 1 is 1.11 bits per heavy atom. The molecular weight excluding hydrogens is 601 g/mol.